The van der Waals surface area contributed by atoms with Crippen LogP contribution in [0.1, 0.15) is 27.0 Å². The fraction of sp³-hybridized carbons (Fsp3) is 0.0909. The number of nitrogens with two attached hydrogens (primary N) is 1. The molecule has 3 aromatic rings. The number of aromatic hydroxyl groups is 1. The molecule has 1 amide bonds. The molecule has 3 rings (SSSR count). The normalized spacial score (nSPS) is 8.69. The van der Waals surface area contributed by atoms with Gasteiger partial charge in [0.1, 0.15) is 0 Å². The standard InChI is InChI=1S/C8H9.C7H6NO2.C7H8.K/c1-7-4-3-5-8(2)6-7;8-7(10)5-3-1-2-4-6(5)9;1-7-5-3-2-4-6-7;/h3-6H,1H2,2H3;2-4,9H,(H2,8,10);2-6H,1H3;/q2*-1;;+1. The molecule has 130 valence electrons. The zero-order valence-electron chi connectivity index (χ0n) is 15.6. The van der Waals surface area contributed by atoms with Crippen LogP contribution in [-0.4, -0.2) is 11.0 Å². The summed E-state index contributed by atoms with van der Waals surface area (Å²) in [7, 11) is 0. The molecule has 0 unspecified atom stereocenters. The summed E-state index contributed by atoms with van der Waals surface area (Å²) in [5, 5.41) is 8.96. The Morgan fingerprint density at radius 3 is 1.96 bits per heavy atom. The van der Waals surface area contributed by atoms with E-state index in [-0.39, 0.29) is 62.7 Å². The summed E-state index contributed by atoms with van der Waals surface area (Å²) in [6.45, 7) is 7.93. The Labute approximate surface area is 198 Å². The largest absolute Gasteiger partial charge is 1.00 e. The van der Waals surface area contributed by atoms with Crippen molar-refractivity contribution >= 4 is 5.91 Å². The molecule has 0 saturated carbocycles. The Morgan fingerprint density at radius 2 is 1.62 bits per heavy atom. The average Bonchev–Trinajstić information content (AvgIpc) is 2.57. The number of phenols is 1. The number of benzene rings is 3. The van der Waals surface area contributed by atoms with Crippen molar-refractivity contribution in [2.75, 3.05) is 0 Å². The maximum atomic E-state index is 10.5. The number of hydrogen-bond acceptors (Lipinski definition) is 2. The summed E-state index contributed by atoms with van der Waals surface area (Å²) in [5.74, 6) is -0.749. The number of aryl methyl sites for hydroxylation is 2. The first-order valence-corrected chi connectivity index (χ1v) is 7.79. The van der Waals surface area contributed by atoms with Gasteiger partial charge in [-0.3, -0.25) is 4.79 Å². The molecule has 4 heteroatoms. The summed E-state index contributed by atoms with van der Waals surface area (Å²) < 4.78 is 0. The van der Waals surface area contributed by atoms with E-state index < -0.39 is 5.91 Å². The molecule has 0 heterocycles. The predicted octanol–water partition coefficient (Wildman–Crippen LogP) is 1.47. The van der Waals surface area contributed by atoms with Crippen molar-refractivity contribution in [2.45, 2.75) is 13.8 Å². The Balaban J connectivity index is 0.000000359. The Hall–Kier alpha value is -1.56. The van der Waals surface area contributed by atoms with E-state index in [9.17, 15) is 4.79 Å². The Bertz CT molecular complexity index is 772. The van der Waals surface area contributed by atoms with Crippen molar-refractivity contribution < 1.29 is 61.3 Å². The van der Waals surface area contributed by atoms with E-state index >= 15 is 0 Å². The number of carbonyl (C=O) groups is 1. The van der Waals surface area contributed by atoms with Crippen LogP contribution in [0.25, 0.3) is 0 Å². The van der Waals surface area contributed by atoms with Gasteiger partial charge in [0.25, 0.3) is 0 Å². The van der Waals surface area contributed by atoms with Crippen molar-refractivity contribution in [1.82, 2.24) is 0 Å². The minimum absolute atomic E-state index is 0. The molecule has 0 aliphatic rings. The minimum Gasteiger partial charge on any atom is -0.533 e. The van der Waals surface area contributed by atoms with Gasteiger partial charge in [0.2, 0.25) is 0 Å². The van der Waals surface area contributed by atoms with Crippen LogP contribution in [0.5, 0.6) is 5.75 Å². The van der Waals surface area contributed by atoms with E-state index in [2.05, 4.69) is 51.1 Å². The Kier molecular flexibility index (Phi) is 12.8. The van der Waals surface area contributed by atoms with Crippen LogP contribution in [0, 0.1) is 26.8 Å². The Morgan fingerprint density at radius 1 is 1.00 bits per heavy atom. The molecule has 0 spiro atoms. The molecule has 0 atom stereocenters. The zero-order chi connectivity index (χ0) is 18.7. The van der Waals surface area contributed by atoms with Crippen molar-refractivity contribution in [1.29, 1.82) is 0 Å². The maximum Gasteiger partial charge on any atom is 1.00 e. The number of amides is 1. The van der Waals surface area contributed by atoms with Gasteiger partial charge >= 0.3 is 51.4 Å². The minimum atomic E-state index is -0.644. The fourth-order valence-electron chi connectivity index (χ4n) is 1.87. The zero-order valence-corrected chi connectivity index (χ0v) is 18.7. The van der Waals surface area contributed by atoms with Crippen LogP contribution in [0.15, 0.2) is 72.8 Å². The molecule has 0 aliphatic heterocycles. The monoisotopic (exact) mass is 372 g/mol. The molecule has 0 bridgehead atoms. The maximum absolute atomic E-state index is 10.5. The van der Waals surface area contributed by atoms with Crippen LogP contribution in [-0.2, 0) is 0 Å². The molecule has 3 aromatic carbocycles. The number of primary amides is 1. The van der Waals surface area contributed by atoms with Crippen molar-refractivity contribution in [3.63, 3.8) is 0 Å². The summed E-state index contributed by atoms with van der Waals surface area (Å²) in [5.41, 5.74) is 8.68. The SMILES string of the molecule is Cc1ccccc1.NC(=O)c1c[c-]ccc1O.[CH2-]c1cccc(C)c1.[K+]. The van der Waals surface area contributed by atoms with E-state index in [4.69, 9.17) is 10.8 Å². The molecule has 0 aliphatic carbocycles. The van der Waals surface area contributed by atoms with Crippen LogP contribution in [0.4, 0.5) is 0 Å². The molecule has 0 aromatic heterocycles. The second kappa shape index (κ2) is 13.6. The van der Waals surface area contributed by atoms with Gasteiger partial charge in [-0.25, -0.2) is 0 Å². The molecule has 26 heavy (non-hydrogen) atoms. The van der Waals surface area contributed by atoms with Gasteiger partial charge in [0.15, 0.2) is 5.91 Å². The second-order valence-electron chi connectivity index (χ2n) is 5.45. The summed E-state index contributed by atoms with van der Waals surface area (Å²) >= 11 is 0. The second-order valence-corrected chi connectivity index (χ2v) is 5.45. The van der Waals surface area contributed by atoms with E-state index in [1.165, 1.54) is 29.3 Å². The first kappa shape index (κ1) is 24.4. The summed E-state index contributed by atoms with van der Waals surface area (Å²) in [4.78, 5) is 10.5. The molecular formula is C22H23KNO2-. The van der Waals surface area contributed by atoms with Gasteiger partial charge in [-0.15, -0.1) is 17.7 Å². The average molecular weight is 373 g/mol. The number of hydrogen-bond donors (Lipinski definition) is 2. The molecule has 0 fully saturated rings. The third-order valence-corrected chi connectivity index (χ3v) is 3.13. The van der Waals surface area contributed by atoms with Crippen molar-refractivity contribution in [3.8, 4) is 5.75 Å². The molecule has 3 N–H and O–H groups in total. The van der Waals surface area contributed by atoms with Crippen LogP contribution in [0.3, 0.4) is 0 Å². The van der Waals surface area contributed by atoms with E-state index in [0.717, 1.165) is 5.56 Å². The predicted molar refractivity (Wildman–Crippen MR) is 102 cm³/mol. The summed E-state index contributed by atoms with van der Waals surface area (Å²) in [6, 6.07) is 25.2. The van der Waals surface area contributed by atoms with Gasteiger partial charge in [-0.2, -0.15) is 42.8 Å². The first-order chi connectivity index (χ1) is 11.9. The van der Waals surface area contributed by atoms with Gasteiger partial charge in [0, 0.05) is 5.75 Å². The molecule has 0 saturated heterocycles. The third kappa shape index (κ3) is 10.4. The molecule has 0 radical (unpaired) electrons. The number of rotatable bonds is 1. The topological polar surface area (TPSA) is 63.3 Å². The van der Waals surface area contributed by atoms with E-state index in [1.54, 1.807) is 0 Å². The molecule has 3 nitrogen and oxygen atoms in total. The van der Waals surface area contributed by atoms with Crippen LogP contribution < -0.4 is 57.1 Å². The quantitative estimate of drug-likeness (QED) is 0.502. The van der Waals surface area contributed by atoms with E-state index in [1.807, 2.05) is 30.3 Å². The van der Waals surface area contributed by atoms with Gasteiger partial charge < -0.3 is 10.8 Å². The van der Waals surface area contributed by atoms with E-state index in [0.29, 0.717) is 0 Å². The number of carbonyl (C=O) groups excluding carboxylic acids is 1. The van der Waals surface area contributed by atoms with Gasteiger partial charge in [0.05, 0.1) is 0 Å². The van der Waals surface area contributed by atoms with Crippen LogP contribution in [0.2, 0.25) is 0 Å². The summed E-state index contributed by atoms with van der Waals surface area (Å²) in [6.07, 6.45) is 0. The van der Waals surface area contributed by atoms with Crippen molar-refractivity contribution in [2.24, 2.45) is 5.73 Å². The molecular weight excluding hydrogens is 349 g/mol. The third-order valence-electron chi connectivity index (χ3n) is 3.13. The van der Waals surface area contributed by atoms with Gasteiger partial charge in [-0.1, -0.05) is 48.9 Å². The first-order valence-electron chi connectivity index (χ1n) is 7.79. The van der Waals surface area contributed by atoms with Crippen LogP contribution >= 0.6 is 0 Å². The fourth-order valence-corrected chi connectivity index (χ4v) is 1.87. The smallest absolute Gasteiger partial charge is 0.533 e. The van der Waals surface area contributed by atoms with Gasteiger partial charge in [-0.05, 0) is 12.5 Å². The van der Waals surface area contributed by atoms with Crippen molar-refractivity contribution in [3.05, 3.63) is 108 Å².